The molecule has 158 valence electrons. The highest BCUT2D eigenvalue weighted by atomic mass is 16.6. The highest BCUT2D eigenvalue weighted by molar-refractivity contribution is 6.07. The van der Waals surface area contributed by atoms with Crippen LogP contribution in [-0.2, 0) is 0 Å². The summed E-state index contributed by atoms with van der Waals surface area (Å²) in [6, 6.07) is 20.1. The maximum absolute atomic E-state index is 13.5. The average molecular weight is 415 g/mol. The lowest BCUT2D eigenvalue weighted by Crippen LogP contribution is -2.44. The fourth-order valence-electron chi connectivity index (χ4n) is 4.31. The molecule has 1 aliphatic rings. The van der Waals surface area contributed by atoms with E-state index in [0.29, 0.717) is 5.56 Å². The van der Waals surface area contributed by atoms with Gasteiger partial charge in [-0.2, -0.15) is 0 Å². The summed E-state index contributed by atoms with van der Waals surface area (Å²) in [5, 5.41) is 14.6. The molecular formula is C25H25N3O3. The van der Waals surface area contributed by atoms with E-state index in [1.165, 1.54) is 29.8 Å². The Kier molecular flexibility index (Phi) is 5.46. The first kappa shape index (κ1) is 20.6. The smallest absolute Gasteiger partial charge is 0.269 e. The monoisotopic (exact) mass is 415 g/mol. The van der Waals surface area contributed by atoms with Crippen molar-refractivity contribution in [1.29, 1.82) is 0 Å². The molecule has 0 aliphatic carbocycles. The van der Waals surface area contributed by atoms with Crippen molar-refractivity contribution in [2.24, 2.45) is 0 Å². The maximum atomic E-state index is 13.5. The number of rotatable bonds is 4. The van der Waals surface area contributed by atoms with E-state index < -0.39 is 4.92 Å². The van der Waals surface area contributed by atoms with Crippen LogP contribution in [0.5, 0.6) is 0 Å². The number of amides is 1. The van der Waals surface area contributed by atoms with Gasteiger partial charge in [0.05, 0.1) is 16.7 Å². The highest BCUT2D eigenvalue weighted by Gasteiger charge is 2.35. The van der Waals surface area contributed by atoms with Crippen molar-refractivity contribution in [3.05, 3.63) is 99.1 Å². The molecule has 1 N–H and O–H groups in total. The molecule has 0 bridgehead atoms. The van der Waals surface area contributed by atoms with Crippen LogP contribution in [0, 0.1) is 24.0 Å². The molecule has 4 rings (SSSR count). The Labute approximate surface area is 181 Å². The molecule has 0 saturated heterocycles. The summed E-state index contributed by atoms with van der Waals surface area (Å²) in [7, 11) is 0. The molecule has 6 heteroatoms. The molecule has 0 aromatic heterocycles. The number of para-hydroxylation sites is 2. The zero-order valence-electron chi connectivity index (χ0n) is 17.8. The van der Waals surface area contributed by atoms with E-state index in [1.807, 2.05) is 43.0 Å². The number of nitro groups is 1. The van der Waals surface area contributed by atoms with Gasteiger partial charge in [0.15, 0.2) is 0 Å². The average Bonchev–Trinajstić information content (AvgIpc) is 2.75. The zero-order chi connectivity index (χ0) is 22.1. The van der Waals surface area contributed by atoms with Crippen molar-refractivity contribution in [1.82, 2.24) is 0 Å². The lowest BCUT2D eigenvalue weighted by molar-refractivity contribution is -0.384. The molecule has 2 atom stereocenters. The van der Waals surface area contributed by atoms with E-state index in [-0.39, 0.29) is 23.7 Å². The molecule has 1 aliphatic heterocycles. The summed E-state index contributed by atoms with van der Waals surface area (Å²) in [5.74, 6) is -0.146. The fourth-order valence-corrected chi connectivity index (χ4v) is 4.31. The number of aryl methyl sites for hydroxylation is 2. The van der Waals surface area contributed by atoms with Gasteiger partial charge in [0.2, 0.25) is 0 Å². The standard InChI is InChI=1S/C25H25N3O3/c1-16-7-4-5-10-22(16)26-23-15-18(3)27(24-17(2)8-6-9-21(23)24)25(29)19-11-13-20(14-12-19)28(30)31/h4-14,18,23,26H,15H2,1-3H3/t18-,23+/m0/s1. The van der Waals surface area contributed by atoms with Gasteiger partial charge >= 0.3 is 0 Å². The van der Waals surface area contributed by atoms with E-state index in [9.17, 15) is 14.9 Å². The number of carbonyl (C=O) groups is 1. The number of nitrogens with one attached hydrogen (secondary N) is 1. The number of nitrogens with zero attached hydrogens (tertiary/aromatic N) is 2. The van der Waals surface area contributed by atoms with Crippen LogP contribution in [-0.4, -0.2) is 16.9 Å². The van der Waals surface area contributed by atoms with Gasteiger partial charge in [-0.3, -0.25) is 14.9 Å². The molecule has 31 heavy (non-hydrogen) atoms. The van der Waals surface area contributed by atoms with Crippen molar-refractivity contribution >= 4 is 23.0 Å². The van der Waals surface area contributed by atoms with Gasteiger partial charge in [-0.25, -0.2) is 0 Å². The second-order valence-corrected chi connectivity index (χ2v) is 8.09. The Bertz CT molecular complexity index is 1140. The molecule has 0 spiro atoms. The third-order valence-electron chi connectivity index (χ3n) is 5.92. The molecule has 0 unspecified atom stereocenters. The first-order chi connectivity index (χ1) is 14.9. The zero-order valence-corrected chi connectivity index (χ0v) is 17.8. The summed E-state index contributed by atoms with van der Waals surface area (Å²) in [5.41, 5.74) is 5.69. The lowest BCUT2D eigenvalue weighted by Gasteiger charge is -2.41. The Hall–Kier alpha value is -3.67. The third kappa shape index (κ3) is 3.89. The van der Waals surface area contributed by atoms with Crippen LogP contribution >= 0.6 is 0 Å². The molecule has 3 aromatic rings. The van der Waals surface area contributed by atoms with Gasteiger partial charge < -0.3 is 10.2 Å². The van der Waals surface area contributed by atoms with Crippen molar-refractivity contribution < 1.29 is 9.72 Å². The van der Waals surface area contributed by atoms with Gasteiger partial charge in [-0.05, 0) is 62.1 Å². The molecule has 3 aromatic carbocycles. The summed E-state index contributed by atoms with van der Waals surface area (Å²) in [4.78, 5) is 25.8. The molecule has 0 fully saturated rings. The Balaban J connectivity index is 1.72. The second kappa shape index (κ2) is 8.22. The van der Waals surface area contributed by atoms with Crippen LogP contribution in [0.3, 0.4) is 0 Å². The Morgan fingerprint density at radius 2 is 1.68 bits per heavy atom. The van der Waals surface area contributed by atoms with Crippen molar-refractivity contribution in [3.63, 3.8) is 0 Å². The number of benzene rings is 3. The normalized spacial score (nSPS) is 17.7. The SMILES string of the molecule is Cc1ccccc1N[C@@H]1C[C@H](C)N(C(=O)c2ccc([N+](=O)[O-])cc2)c2c(C)cccc21. The van der Waals surface area contributed by atoms with Crippen LogP contribution in [0.15, 0.2) is 66.7 Å². The summed E-state index contributed by atoms with van der Waals surface area (Å²) >= 11 is 0. The van der Waals surface area contributed by atoms with Crippen LogP contribution in [0.2, 0.25) is 0 Å². The van der Waals surface area contributed by atoms with Crippen LogP contribution in [0.1, 0.15) is 46.4 Å². The topological polar surface area (TPSA) is 75.5 Å². The molecule has 0 saturated carbocycles. The van der Waals surface area contributed by atoms with E-state index in [1.54, 1.807) is 0 Å². The molecule has 1 heterocycles. The van der Waals surface area contributed by atoms with Crippen molar-refractivity contribution in [2.75, 3.05) is 10.2 Å². The number of hydrogen-bond donors (Lipinski definition) is 1. The highest BCUT2D eigenvalue weighted by Crippen LogP contribution is 2.42. The van der Waals surface area contributed by atoms with Gasteiger partial charge in [0.1, 0.15) is 0 Å². The number of nitro benzene ring substituents is 1. The first-order valence-corrected chi connectivity index (χ1v) is 10.4. The minimum atomic E-state index is -0.459. The predicted molar refractivity (Wildman–Crippen MR) is 123 cm³/mol. The van der Waals surface area contributed by atoms with Gasteiger partial charge in [-0.15, -0.1) is 0 Å². The van der Waals surface area contributed by atoms with Crippen LogP contribution in [0.25, 0.3) is 0 Å². The van der Waals surface area contributed by atoms with E-state index in [2.05, 4.69) is 30.4 Å². The number of carbonyl (C=O) groups excluding carboxylic acids is 1. The van der Waals surface area contributed by atoms with E-state index in [4.69, 9.17) is 0 Å². The summed E-state index contributed by atoms with van der Waals surface area (Å²) in [6.45, 7) is 6.14. The molecule has 1 amide bonds. The van der Waals surface area contributed by atoms with E-state index >= 15 is 0 Å². The van der Waals surface area contributed by atoms with Crippen LogP contribution in [0.4, 0.5) is 17.1 Å². The predicted octanol–water partition coefficient (Wildman–Crippen LogP) is 5.80. The molecule has 0 radical (unpaired) electrons. The van der Waals surface area contributed by atoms with Gasteiger partial charge in [-0.1, -0.05) is 36.4 Å². The van der Waals surface area contributed by atoms with Gasteiger partial charge in [0, 0.05) is 29.4 Å². The molecular weight excluding hydrogens is 390 g/mol. The van der Waals surface area contributed by atoms with Crippen LogP contribution < -0.4 is 10.2 Å². The summed E-state index contributed by atoms with van der Waals surface area (Å²) < 4.78 is 0. The lowest BCUT2D eigenvalue weighted by atomic mass is 9.88. The fraction of sp³-hybridized carbons (Fsp3) is 0.240. The molecule has 6 nitrogen and oxygen atoms in total. The van der Waals surface area contributed by atoms with E-state index in [0.717, 1.165) is 28.9 Å². The largest absolute Gasteiger partial charge is 0.378 e. The number of fused-ring (bicyclic) bond motifs is 1. The van der Waals surface area contributed by atoms with Crippen molar-refractivity contribution in [3.8, 4) is 0 Å². The minimum absolute atomic E-state index is 0.0256. The number of anilines is 2. The summed E-state index contributed by atoms with van der Waals surface area (Å²) in [6.07, 6.45) is 0.753. The van der Waals surface area contributed by atoms with Crippen molar-refractivity contribution in [2.45, 2.75) is 39.3 Å². The number of non-ortho nitro benzene ring substituents is 1. The minimum Gasteiger partial charge on any atom is -0.378 e. The maximum Gasteiger partial charge on any atom is 0.269 e. The second-order valence-electron chi connectivity index (χ2n) is 8.09. The Morgan fingerprint density at radius 3 is 2.35 bits per heavy atom. The Morgan fingerprint density at radius 1 is 1.00 bits per heavy atom. The third-order valence-corrected chi connectivity index (χ3v) is 5.92. The number of hydrogen-bond acceptors (Lipinski definition) is 4. The first-order valence-electron chi connectivity index (χ1n) is 10.4. The van der Waals surface area contributed by atoms with Gasteiger partial charge in [0.25, 0.3) is 11.6 Å². The quantitative estimate of drug-likeness (QED) is 0.431.